The molecule has 0 aromatic rings. The van der Waals surface area contributed by atoms with Gasteiger partial charge in [0.2, 0.25) is 0 Å². The number of hydrogen-bond acceptors (Lipinski definition) is 3. The number of rotatable bonds is 7. The van der Waals surface area contributed by atoms with Crippen LogP contribution in [-0.2, 0) is 14.6 Å². The van der Waals surface area contributed by atoms with Crippen LogP contribution in [0.1, 0.15) is 46.0 Å². The highest BCUT2D eigenvalue weighted by Crippen LogP contribution is 2.24. The topological polar surface area (TPSA) is 43.4 Å². The van der Waals surface area contributed by atoms with Crippen molar-refractivity contribution in [2.45, 2.75) is 63.0 Å². The van der Waals surface area contributed by atoms with Crippen molar-refractivity contribution >= 4 is 25.8 Å². The lowest BCUT2D eigenvalue weighted by Gasteiger charge is -2.19. The molecule has 1 aliphatic heterocycles. The number of alkyl halides is 1. The third kappa shape index (κ3) is 5.71. The molecule has 3 nitrogen and oxygen atoms in total. The summed E-state index contributed by atoms with van der Waals surface area (Å²) in [6.45, 7) is 4.23. The highest BCUT2D eigenvalue weighted by Gasteiger charge is 2.37. The van der Waals surface area contributed by atoms with Gasteiger partial charge in [0, 0.05) is 0 Å². The smallest absolute Gasteiger partial charge is 0.154 e. The second kappa shape index (κ2) is 7.10. The molecule has 1 rings (SSSR count). The molecule has 17 heavy (non-hydrogen) atoms. The van der Waals surface area contributed by atoms with E-state index in [-0.39, 0.29) is 28.5 Å². The van der Waals surface area contributed by atoms with E-state index in [1.54, 1.807) is 0 Å². The molecule has 0 aliphatic carbocycles. The minimum absolute atomic E-state index is 0.0365. The summed E-state index contributed by atoms with van der Waals surface area (Å²) in [7, 11) is -2.89. The van der Waals surface area contributed by atoms with Crippen LogP contribution < -0.4 is 0 Å². The Morgan fingerprint density at radius 1 is 1.29 bits per heavy atom. The fourth-order valence-corrected chi connectivity index (χ4v) is 5.54. The van der Waals surface area contributed by atoms with Gasteiger partial charge in [0.15, 0.2) is 9.84 Å². The van der Waals surface area contributed by atoms with E-state index >= 15 is 0 Å². The maximum absolute atomic E-state index is 11.4. The Kier molecular flexibility index (Phi) is 6.45. The van der Waals surface area contributed by atoms with Gasteiger partial charge in [-0.2, -0.15) is 0 Å². The molecule has 3 atom stereocenters. The molecule has 1 aliphatic rings. The van der Waals surface area contributed by atoms with Gasteiger partial charge in [-0.15, -0.1) is 0 Å². The van der Waals surface area contributed by atoms with Crippen LogP contribution in [0.3, 0.4) is 0 Å². The third-order valence-corrected chi connectivity index (χ3v) is 6.15. The van der Waals surface area contributed by atoms with E-state index in [1.165, 1.54) is 25.7 Å². The van der Waals surface area contributed by atoms with Crippen LogP contribution in [0.2, 0.25) is 0 Å². The lowest BCUT2D eigenvalue weighted by Crippen LogP contribution is -2.27. The third-order valence-electron chi connectivity index (χ3n) is 3.11. The van der Waals surface area contributed by atoms with Gasteiger partial charge in [-0.05, 0) is 13.3 Å². The minimum Gasteiger partial charge on any atom is -0.373 e. The van der Waals surface area contributed by atoms with E-state index in [1.807, 2.05) is 6.92 Å². The first-order valence-corrected chi connectivity index (χ1v) is 9.18. The Morgan fingerprint density at radius 2 is 2.00 bits per heavy atom. The van der Waals surface area contributed by atoms with Crippen LogP contribution in [0.5, 0.6) is 0 Å². The summed E-state index contributed by atoms with van der Waals surface area (Å²) in [6, 6.07) is 0. The van der Waals surface area contributed by atoms with Gasteiger partial charge in [0.1, 0.15) is 0 Å². The van der Waals surface area contributed by atoms with Crippen molar-refractivity contribution < 1.29 is 13.2 Å². The molecule has 0 spiro atoms. The van der Waals surface area contributed by atoms with Crippen molar-refractivity contribution in [3.8, 4) is 0 Å². The fourth-order valence-electron chi connectivity index (χ4n) is 2.12. The predicted molar refractivity (Wildman–Crippen MR) is 74.5 cm³/mol. The van der Waals surface area contributed by atoms with E-state index in [4.69, 9.17) is 4.74 Å². The van der Waals surface area contributed by atoms with Crippen LogP contribution in [0.4, 0.5) is 0 Å². The lowest BCUT2D eigenvalue weighted by atomic mass is 10.1. The normalized spacial score (nSPS) is 29.4. The Balaban J connectivity index is 2.24. The highest BCUT2D eigenvalue weighted by molar-refractivity contribution is 9.09. The van der Waals surface area contributed by atoms with Crippen LogP contribution in [0, 0.1) is 0 Å². The van der Waals surface area contributed by atoms with Crippen molar-refractivity contribution in [3.05, 3.63) is 0 Å². The number of sulfone groups is 1. The Morgan fingerprint density at radius 3 is 2.53 bits per heavy atom. The maximum Gasteiger partial charge on any atom is 0.154 e. The monoisotopic (exact) mass is 326 g/mol. The summed E-state index contributed by atoms with van der Waals surface area (Å²) < 4.78 is 28.7. The molecule has 1 fully saturated rings. The van der Waals surface area contributed by atoms with E-state index in [0.717, 1.165) is 6.42 Å². The predicted octanol–water partition coefficient (Wildman–Crippen LogP) is 2.92. The number of unbranched alkanes of at least 4 members (excludes halogenated alkanes) is 3. The van der Waals surface area contributed by atoms with Gasteiger partial charge in [-0.3, -0.25) is 0 Å². The minimum atomic E-state index is -2.89. The summed E-state index contributed by atoms with van der Waals surface area (Å²) in [5, 5.41) is 0. The van der Waals surface area contributed by atoms with E-state index in [9.17, 15) is 8.42 Å². The molecule has 0 amide bonds. The molecule has 1 saturated heterocycles. The van der Waals surface area contributed by atoms with Gasteiger partial charge in [-0.1, -0.05) is 48.5 Å². The second-order valence-corrected chi connectivity index (χ2v) is 8.26. The molecule has 0 aromatic heterocycles. The largest absolute Gasteiger partial charge is 0.373 e. The highest BCUT2D eigenvalue weighted by atomic mass is 79.9. The lowest BCUT2D eigenvalue weighted by molar-refractivity contribution is 0.0107. The quantitative estimate of drug-likeness (QED) is 0.533. The van der Waals surface area contributed by atoms with Gasteiger partial charge < -0.3 is 4.74 Å². The molecular formula is C12H23BrO3S. The molecule has 102 valence electrons. The number of halogens is 1. The Hall–Kier alpha value is 0.390. The molecule has 0 aromatic carbocycles. The van der Waals surface area contributed by atoms with Crippen molar-refractivity contribution in [2.75, 3.05) is 11.5 Å². The van der Waals surface area contributed by atoms with Crippen molar-refractivity contribution in [1.29, 1.82) is 0 Å². The van der Waals surface area contributed by atoms with Crippen LogP contribution >= 0.6 is 15.9 Å². The standard InChI is InChI=1S/C12H23BrO3S/c1-3-4-5-6-7-10(2)16-12-9-17(14,15)8-11(12)13/h10-12H,3-9H2,1-2H3. The number of ether oxygens (including phenoxy) is 1. The van der Waals surface area contributed by atoms with E-state index < -0.39 is 9.84 Å². The zero-order valence-corrected chi connectivity index (χ0v) is 13.1. The molecule has 0 saturated carbocycles. The van der Waals surface area contributed by atoms with Gasteiger partial charge >= 0.3 is 0 Å². The van der Waals surface area contributed by atoms with Crippen molar-refractivity contribution in [1.82, 2.24) is 0 Å². The first kappa shape index (κ1) is 15.4. The maximum atomic E-state index is 11.4. The van der Waals surface area contributed by atoms with E-state index in [0.29, 0.717) is 0 Å². The Labute approximate surface area is 113 Å². The van der Waals surface area contributed by atoms with E-state index in [2.05, 4.69) is 22.9 Å². The van der Waals surface area contributed by atoms with Gasteiger partial charge in [0.05, 0.1) is 28.5 Å². The molecule has 0 radical (unpaired) electrons. The van der Waals surface area contributed by atoms with Crippen LogP contribution in [0.15, 0.2) is 0 Å². The zero-order chi connectivity index (χ0) is 12.9. The SMILES string of the molecule is CCCCCCC(C)OC1CS(=O)(=O)CC1Br. The summed E-state index contributed by atoms with van der Waals surface area (Å²) in [6.07, 6.45) is 5.93. The first-order valence-electron chi connectivity index (χ1n) is 6.44. The van der Waals surface area contributed by atoms with Gasteiger partial charge in [-0.25, -0.2) is 8.42 Å². The van der Waals surface area contributed by atoms with Crippen molar-refractivity contribution in [2.24, 2.45) is 0 Å². The molecule has 0 N–H and O–H groups in total. The summed E-state index contributed by atoms with van der Waals surface area (Å²) in [5.41, 5.74) is 0. The Bertz CT molecular complexity index is 316. The summed E-state index contributed by atoms with van der Waals surface area (Å²) >= 11 is 3.40. The first-order chi connectivity index (χ1) is 7.94. The second-order valence-electron chi connectivity index (χ2n) is 4.93. The molecule has 0 bridgehead atoms. The average Bonchev–Trinajstić information content (AvgIpc) is 2.47. The number of hydrogen-bond donors (Lipinski definition) is 0. The van der Waals surface area contributed by atoms with Crippen LogP contribution in [-0.4, -0.2) is 37.0 Å². The molecule has 1 heterocycles. The molecular weight excluding hydrogens is 304 g/mol. The average molecular weight is 327 g/mol. The molecule has 3 unspecified atom stereocenters. The molecule has 5 heteroatoms. The van der Waals surface area contributed by atoms with Crippen molar-refractivity contribution in [3.63, 3.8) is 0 Å². The summed E-state index contributed by atoms with van der Waals surface area (Å²) in [5.74, 6) is 0.377. The van der Waals surface area contributed by atoms with Crippen LogP contribution in [0.25, 0.3) is 0 Å². The van der Waals surface area contributed by atoms with Gasteiger partial charge in [0.25, 0.3) is 0 Å². The summed E-state index contributed by atoms with van der Waals surface area (Å²) in [4.78, 5) is -0.0365. The fraction of sp³-hybridized carbons (Fsp3) is 1.00. The zero-order valence-electron chi connectivity index (χ0n) is 10.7.